The maximum Gasteiger partial charge on any atom is 0.254 e. The highest BCUT2D eigenvalue weighted by Gasteiger charge is 2.39. The average Bonchev–Trinajstić information content (AvgIpc) is 2.46. The van der Waals surface area contributed by atoms with Crippen molar-refractivity contribution in [3.8, 4) is 0 Å². The summed E-state index contributed by atoms with van der Waals surface area (Å²) in [5.41, 5.74) is 2.86. The van der Waals surface area contributed by atoms with Gasteiger partial charge in [0.25, 0.3) is 5.91 Å². The Kier molecular flexibility index (Phi) is 3.52. The molecule has 1 aliphatic carbocycles. The van der Waals surface area contributed by atoms with Crippen molar-refractivity contribution in [1.29, 1.82) is 0 Å². The molecular weight excluding hydrogens is 260 g/mol. The summed E-state index contributed by atoms with van der Waals surface area (Å²) < 4.78 is 0. The first-order valence-corrected chi connectivity index (χ1v) is 7.79. The van der Waals surface area contributed by atoms with E-state index in [1.165, 1.54) is 18.4 Å². The average molecular weight is 283 g/mol. The van der Waals surface area contributed by atoms with Crippen molar-refractivity contribution in [1.82, 2.24) is 0 Å². The normalized spacial score (nSPS) is 22.4. The summed E-state index contributed by atoms with van der Waals surface area (Å²) in [6.07, 6.45) is 6.77. The second kappa shape index (κ2) is 5.21. The van der Waals surface area contributed by atoms with Gasteiger partial charge in [-0.25, -0.2) is 0 Å². The molecule has 2 aliphatic rings. The van der Waals surface area contributed by atoms with E-state index < -0.39 is 0 Å². The van der Waals surface area contributed by atoms with Crippen LogP contribution in [0.1, 0.15) is 46.5 Å². The van der Waals surface area contributed by atoms with E-state index in [4.69, 9.17) is 0 Å². The van der Waals surface area contributed by atoms with Crippen molar-refractivity contribution >= 4 is 17.3 Å². The quantitative estimate of drug-likeness (QED) is 0.792. The molecule has 1 unspecified atom stereocenters. The number of nitrogens with one attached hydrogen (secondary N) is 1. The Hall–Kier alpha value is -1.77. The number of para-hydroxylation sites is 1. The van der Waals surface area contributed by atoms with Gasteiger partial charge in [0, 0.05) is 11.6 Å². The van der Waals surface area contributed by atoms with Gasteiger partial charge >= 0.3 is 0 Å². The zero-order valence-corrected chi connectivity index (χ0v) is 13.1. The van der Waals surface area contributed by atoms with Crippen LogP contribution in [0, 0.1) is 6.07 Å². The number of carbonyl (C=O) groups excluding carboxylic acids is 1. The van der Waals surface area contributed by atoms with Crippen molar-refractivity contribution in [2.24, 2.45) is 0 Å². The van der Waals surface area contributed by atoms with Crippen molar-refractivity contribution in [2.45, 2.75) is 58.0 Å². The molecule has 0 aromatic heterocycles. The molecule has 0 saturated heterocycles. The Labute approximate surface area is 127 Å². The number of amides is 1. The fraction of sp³-hybridized carbons (Fsp3) is 0.500. The number of anilines is 2. The first-order chi connectivity index (χ1) is 9.98. The Balaban J connectivity index is 2.04. The minimum Gasteiger partial charge on any atom is -0.369 e. The van der Waals surface area contributed by atoms with Crippen LogP contribution in [0.5, 0.6) is 0 Å². The van der Waals surface area contributed by atoms with Gasteiger partial charge in [-0.2, -0.15) is 0 Å². The summed E-state index contributed by atoms with van der Waals surface area (Å²) in [5.74, 6) is 0.144. The van der Waals surface area contributed by atoms with Crippen LogP contribution in [0.15, 0.2) is 29.8 Å². The molecule has 1 aliphatic heterocycles. The van der Waals surface area contributed by atoms with E-state index in [9.17, 15) is 4.79 Å². The van der Waals surface area contributed by atoms with E-state index in [-0.39, 0.29) is 17.5 Å². The zero-order chi connectivity index (χ0) is 15.0. The molecule has 0 fully saturated rings. The van der Waals surface area contributed by atoms with Crippen LogP contribution in [0.4, 0.5) is 11.4 Å². The molecule has 21 heavy (non-hydrogen) atoms. The monoisotopic (exact) mass is 283 g/mol. The van der Waals surface area contributed by atoms with Gasteiger partial charge in [-0.3, -0.25) is 4.79 Å². The zero-order valence-electron chi connectivity index (χ0n) is 13.1. The number of allylic oxidation sites excluding steroid dienone is 1. The van der Waals surface area contributed by atoms with Crippen LogP contribution in [0.3, 0.4) is 0 Å². The highest BCUT2D eigenvalue weighted by atomic mass is 16.2. The largest absolute Gasteiger partial charge is 0.369 e. The minimum atomic E-state index is -0.251. The Bertz CT molecular complexity index is 583. The molecule has 1 heterocycles. The van der Waals surface area contributed by atoms with Crippen LogP contribution in [0.2, 0.25) is 0 Å². The summed E-state index contributed by atoms with van der Waals surface area (Å²) in [7, 11) is 0. The topological polar surface area (TPSA) is 32.3 Å². The Morgan fingerprint density at radius 2 is 2.14 bits per heavy atom. The Morgan fingerprint density at radius 3 is 2.81 bits per heavy atom. The van der Waals surface area contributed by atoms with Crippen molar-refractivity contribution in [3.05, 3.63) is 35.9 Å². The first kappa shape index (κ1) is 14.2. The van der Waals surface area contributed by atoms with Crippen LogP contribution in [-0.4, -0.2) is 17.5 Å². The fourth-order valence-electron chi connectivity index (χ4n) is 3.23. The smallest absolute Gasteiger partial charge is 0.254 e. The lowest BCUT2D eigenvalue weighted by Crippen LogP contribution is -2.55. The fourth-order valence-corrected chi connectivity index (χ4v) is 3.23. The third-order valence-electron chi connectivity index (χ3n) is 4.19. The van der Waals surface area contributed by atoms with Crippen molar-refractivity contribution in [3.63, 3.8) is 0 Å². The third-order valence-corrected chi connectivity index (χ3v) is 4.19. The van der Waals surface area contributed by atoms with E-state index in [2.05, 4.69) is 38.2 Å². The standard InChI is InChI=1S/C18H23N2O/c1-18(2,3)20-15-12-8-7-11-14(15)19-16(17(20)21)13-9-5-4-6-10-13/h7-9,11,16,19H,4-6,10H2,1-3H3. The molecule has 3 heteroatoms. The van der Waals surface area contributed by atoms with Gasteiger partial charge < -0.3 is 10.2 Å². The summed E-state index contributed by atoms with van der Waals surface area (Å²) >= 11 is 0. The van der Waals surface area contributed by atoms with Crippen molar-refractivity contribution < 1.29 is 4.79 Å². The number of carbonyl (C=O) groups is 1. The van der Waals surface area contributed by atoms with Gasteiger partial charge in [0.15, 0.2) is 0 Å². The predicted octanol–water partition coefficient (Wildman–Crippen LogP) is 3.91. The molecule has 1 amide bonds. The number of hydrogen-bond donors (Lipinski definition) is 1. The lowest BCUT2D eigenvalue weighted by Gasteiger charge is -2.43. The third kappa shape index (κ3) is 2.57. The summed E-state index contributed by atoms with van der Waals surface area (Å²) in [6, 6.07) is 8.88. The molecule has 0 bridgehead atoms. The molecule has 0 spiro atoms. The first-order valence-electron chi connectivity index (χ1n) is 7.79. The number of rotatable bonds is 1. The Morgan fingerprint density at radius 1 is 1.33 bits per heavy atom. The number of hydrogen-bond acceptors (Lipinski definition) is 2. The minimum absolute atomic E-state index is 0.144. The van der Waals surface area contributed by atoms with Gasteiger partial charge in [-0.1, -0.05) is 18.2 Å². The van der Waals surface area contributed by atoms with Crippen LogP contribution in [0.25, 0.3) is 0 Å². The van der Waals surface area contributed by atoms with Crippen molar-refractivity contribution in [2.75, 3.05) is 10.2 Å². The van der Waals surface area contributed by atoms with E-state index in [0.29, 0.717) is 0 Å². The molecular formula is C18H23N2O. The van der Waals surface area contributed by atoms with Gasteiger partial charge in [0.1, 0.15) is 6.04 Å². The van der Waals surface area contributed by atoms with Gasteiger partial charge in [0.05, 0.1) is 11.4 Å². The SMILES string of the molecule is CC(C)(C)N1C(=O)C(C2=CCCCC2)Nc2ccc[c]c21. The maximum absolute atomic E-state index is 13.0. The molecule has 0 saturated carbocycles. The lowest BCUT2D eigenvalue weighted by atomic mass is 9.90. The van der Waals surface area contributed by atoms with Gasteiger partial charge in [-0.15, -0.1) is 0 Å². The number of fused-ring (bicyclic) bond motifs is 1. The summed E-state index contributed by atoms with van der Waals surface area (Å²) in [4.78, 5) is 14.9. The van der Waals surface area contributed by atoms with E-state index in [0.717, 1.165) is 24.2 Å². The van der Waals surface area contributed by atoms with E-state index >= 15 is 0 Å². The maximum atomic E-state index is 13.0. The highest BCUT2D eigenvalue weighted by Crippen LogP contribution is 2.38. The molecule has 1 N–H and O–H groups in total. The van der Waals surface area contributed by atoms with Gasteiger partial charge in [0.2, 0.25) is 0 Å². The van der Waals surface area contributed by atoms with Crippen LogP contribution >= 0.6 is 0 Å². The predicted molar refractivity (Wildman–Crippen MR) is 86.5 cm³/mol. The summed E-state index contributed by atoms with van der Waals surface area (Å²) in [5, 5.41) is 3.43. The van der Waals surface area contributed by atoms with Gasteiger partial charge in [-0.05, 0) is 58.1 Å². The van der Waals surface area contributed by atoms with Crippen LogP contribution < -0.4 is 10.2 Å². The highest BCUT2D eigenvalue weighted by molar-refractivity contribution is 6.07. The second-order valence-electron chi connectivity index (χ2n) is 6.88. The van der Waals surface area contributed by atoms with E-state index in [1.807, 2.05) is 23.1 Å². The van der Waals surface area contributed by atoms with Crippen LogP contribution in [-0.2, 0) is 4.79 Å². The summed E-state index contributed by atoms with van der Waals surface area (Å²) in [6.45, 7) is 6.23. The van der Waals surface area contributed by atoms with E-state index in [1.54, 1.807) is 0 Å². The second-order valence-corrected chi connectivity index (χ2v) is 6.88. The molecule has 1 radical (unpaired) electrons. The molecule has 111 valence electrons. The number of nitrogens with zero attached hydrogens (tertiary/aromatic N) is 1. The lowest BCUT2D eigenvalue weighted by molar-refractivity contribution is -0.119. The molecule has 1 atom stereocenters. The molecule has 1 aromatic rings. The molecule has 1 aromatic carbocycles. The molecule has 3 nitrogen and oxygen atoms in total. The number of benzene rings is 1. The molecule has 3 rings (SSSR count).